The van der Waals surface area contributed by atoms with Gasteiger partial charge in [0, 0.05) is 25.7 Å². The topological polar surface area (TPSA) is 63.2 Å². The first-order chi connectivity index (χ1) is 10.4. The Hall–Kier alpha value is -1.43. The number of aromatic nitrogens is 3. The average Bonchev–Trinajstić information content (AvgIpc) is 3.06. The molecule has 3 heterocycles. The Morgan fingerprint density at radius 3 is 3.10 bits per heavy atom. The number of nitrogens with zero attached hydrogens (tertiary/aromatic N) is 4. The van der Waals surface area contributed by atoms with Crippen molar-refractivity contribution in [2.75, 3.05) is 29.9 Å². The fourth-order valence-corrected chi connectivity index (χ4v) is 3.25. The lowest BCUT2D eigenvalue weighted by Gasteiger charge is -2.35. The molecule has 21 heavy (non-hydrogen) atoms. The van der Waals surface area contributed by atoms with E-state index in [1.807, 2.05) is 0 Å². The molecular weight excluding hydrogens is 266 g/mol. The highest BCUT2D eigenvalue weighted by atomic mass is 16.5. The maximum Gasteiger partial charge on any atom is 0.244 e. The van der Waals surface area contributed by atoms with Crippen LogP contribution in [0.2, 0.25) is 0 Å². The fourth-order valence-electron chi connectivity index (χ4n) is 3.25. The number of nitrogens with one attached hydrogen (secondary N) is 1. The lowest BCUT2D eigenvalue weighted by molar-refractivity contribution is 0.120. The van der Waals surface area contributed by atoms with E-state index in [4.69, 9.17) is 4.74 Å². The summed E-state index contributed by atoms with van der Waals surface area (Å²) in [6.45, 7) is 4.95. The Labute approximate surface area is 126 Å². The summed E-state index contributed by atoms with van der Waals surface area (Å²) >= 11 is 0. The lowest BCUT2D eigenvalue weighted by atomic mass is 10.0. The zero-order valence-electron chi connectivity index (χ0n) is 12.8. The third-order valence-electron chi connectivity index (χ3n) is 4.45. The second-order valence-electron chi connectivity index (χ2n) is 5.91. The van der Waals surface area contributed by atoms with E-state index in [0.29, 0.717) is 12.0 Å². The Balaban J connectivity index is 1.64. The van der Waals surface area contributed by atoms with E-state index in [9.17, 15) is 0 Å². The van der Waals surface area contributed by atoms with Gasteiger partial charge < -0.3 is 15.0 Å². The van der Waals surface area contributed by atoms with Crippen molar-refractivity contribution >= 4 is 11.8 Å². The number of hydrogen-bond acceptors (Lipinski definition) is 6. The number of ether oxygens (including phenoxy) is 1. The van der Waals surface area contributed by atoms with Gasteiger partial charge in [-0.25, -0.2) is 0 Å². The third kappa shape index (κ3) is 3.61. The second kappa shape index (κ2) is 7.02. The van der Waals surface area contributed by atoms with Crippen LogP contribution in [0.3, 0.4) is 0 Å². The van der Waals surface area contributed by atoms with Gasteiger partial charge in [0.15, 0.2) is 5.82 Å². The quantitative estimate of drug-likeness (QED) is 0.897. The first-order valence-corrected chi connectivity index (χ1v) is 8.18. The summed E-state index contributed by atoms with van der Waals surface area (Å²) in [4.78, 5) is 7.03. The van der Waals surface area contributed by atoms with Gasteiger partial charge >= 0.3 is 0 Å². The third-order valence-corrected chi connectivity index (χ3v) is 4.45. The van der Waals surface area contributed by atoms with Gasteiger partial charge in [0.2, 0.25) is 5.95 Å². The smallest absolute Gasteiger partial charge is 0.244 e. The molecule has 0 saturated carbocycles. The predicted molar refractivity (Wildman–Crippen MR) is 82.6 cm³/mol. The van der Waals surface area contributed by atoms with Gasteiger partial charge in [-0.3, -0.25) is 0 Å². The number of hydrogen-bond donors (Lipinski definition) is 1. The molecule has 2 atom stereocenters. The minimum Gasteiger partial charge on any atom is -0.376 e. The van der Waals surface area contributed by atoms with E-state index >= 15 is 0 Å². The van der Waals surface area contributed by atoms with Crippen LogP contribution in [0.5, 0.6) is 0 Å². The molecule has 3 rings (SSSR count). The number of piperidine rings is 1. The molecule has 1 N–H and O–H groups in total. The molecule has 6 nitrogen and oxygen atoms in total. The summed E-state index contributed by atoms with van der Waals surface area (Å²) in [5.74, 6) is 1.56. The Kier molecular flexibility index (Phi) is 4.85. The highest BCUT2D eigenvalue weighted by Crippen LogP contribution is 2.24. The van der Waals surface area contributed by atoms with Crippen LogP contribution in [0.4, 0.5) is 11.8 Å². The van der Waals surface area contributed by atoms with Crippen LogP contribution < -0.4 is 10.2 Å². The minimum atomic E-state index is 0.288. The Bertz CT molecular complexity index is 449. The SMILES string of the molecule is CCC1CCCCN1c1cnnc(NCC2CCCO2)n1. The molecule has 0 aromatic carbocycles. The van der Waals surface area contributed by atoms with Crippen LogP contribution in [0.1, 0.15) is 45.4 Å². The van der Waals surface area contributed by atoms with E-state index < -0.39 is 0 Å². The monoisotopic (exact) mass is 291 g/mol. The van der Waals surface area contributed by atoms with E-state index in [1.165, 1.54) is 19.3 Å². The highest BCUT2D eigenvalue weighted by molar-refractivity contribution is 5.41. The molecule has 2 fully saturated rings. The van der Waals surface area contributed by atoms with Gasteiger partial charge in [-0.1, -0.05) is 6.92 Å². The molecule has 0 bridgehead atoms. The molecule has 6 heteroatoms. The molecule has 0 aliphatic carbocycles. The van der Waals surface area contributed by atoms with Crippen LogP contribution in [0.15, 0.2) is 6.20 Å². The fraction of sp³-hybridized carbons (Fsp3) is 0.800. The summed E-state index contributed by atoms with van der Waals surface area (Å²) < 4.78 is 5.61. The molecule has 1 aromatic heterocycles. The molecule has 0 radical (unpaired) electrons. The summed E-state index contributed by atoms with van der Waals surface area (Å²) in [7, 11) is 0. The maximum absolute atomic E-state index is 5.61. The van der Waals surface area contributed by atoms with Crippen molar-refractivity contribution in [1.29, 1.82) is 0 Å². The van der Waals surface area contributed by atoms with Gasteiger partial charge in [-0.2, -0.15) is 10.1 Å². The molecule has 2 aliphatic rings. The largest absolute Gasteiger partial charge is 0.376 e. The van der Waals surface area contributed by atoms with E-state index in [0.717, 1.165) is 44.8 Å². The molecular formula is C15H25N5O. The first kappa shape index (κ1) is 14.5. The summed E-state index contributed by atoms with van der Waals surface area (Å²) in [6.07, 6.45) is 9.29. The molecule has 1 aromatic rings. The van der Waals surface area contributed by atoms with Crippen molar-refractivity contribution in [2.24, 2.45) is 0 Å². The van der Waals surface area contributed by atoms with Crippen molar-refractivity contribution in [2.45, 2.75) is 57.6 Å². The molecule has 2 aliphatic heterocycles. The van der Waals surface area contributed by atoms with Crippen LogP contribution in [0, 0.1) is 0 Å². The second-order valence-corrected chi connectivity index (χ2v) is 5.91. The van der Waals surface area contributed by atoms with Gasteiger partial charge in [0.05, 0.1) is 12.3 Å². The van der Waals surface area contributed by atoms with Crippen LogP contribution >= 0.6 is 0 Å². The highest BCUT2D eigenvalue weighted by Gasteiger charge is 2.23. The van der Waals surface area contributed by atoms with Gasteiger partial charge in [-0.15, -0.1) is 5.10 Å². The molecule has 2 saturated heterocycles. The van der Waals surface area contributed by atoms with Crippen LogP contribution in [-0.2, 0) is 4.74 Å². The van der Waals surface area contributed by atoms with Gasteiger partial charge in [0.1, 0.15) is 0 Å². The van der Waals surface area contributed by atoms with E-state index in [-0.39, 0.29) is 6.10 Å². The zero-order valence-corrected chi connectivity index (χ0v) is 12.8. The van der Waals surface area contributed by atoms with E-state index in [2.05, 4.69) is 32.3 Å². The van der Waals surface area contributed by atoms with Crippen LogP contribution in [0.25, 0.3) is 0 Å². The van der Waals surface area contributed by atoms with E-state index in [1.54, 1.807) is 6.20 Å². The van der Waals surface area contributed by atoms with Crippen molar-refractivity contribution in [1.82, 2.24) is 15.2 Å². The Morgan fingerprint density at radius 1 is 1.33 bits per heavy atom. The first-order valence-electron chi connectivity index (χ1n) is 8.18. The summed E-state index contributed by atoms with van der Waals surface area (Å²) in [5, 5.41) is 11.5. The Morgan fingerprint density at radius 2 is 2.29 bits per heavy atom. The molecule has 116 valence electrons. The summed E-state index contributed by atoms with van der Waals surface area (Å²) in [6, 6.07) is 0.585. The minimum absolute atomic E-state index is 0.288. The van der Waals surface area contributed by atoms with Crippen molar-refractivity contribution in [3.8, 4) is 0 Å². The van der Waals surface area contributed by atoms with Crippen molar-refractivity contribution in [3.63, 3.8) is 0 Å². The van der Waals surface area contributed by atoms with Crippen molar-refractivity contribution < 1.29 is 4.74 Å². The van der Waals surface area contributed by atoms with Gasteiger partial charge in [0.25, 0.3) is 0 Å². The predicted octanol–water partition coefficient (Wildman–Crippen LogP) is 2.23. The van der Waals surface area contributed by atoms with Gasteiger partial charge in [-0.05, 0) is 38.5 Å². The number of rotatable bonds is 5. The molecule has 0 amide bonds. The van der Waals surface area contributed by atoms with Crippen LogP contribution in [-0.4, -0.2) is 47.0 Å². The zero-order chi connectivity index (χ0) is 14.5. The lowest BCUT2D eigenvalue weighted by Crippen LogP contribution is -2.39. The maximum atomic E-state index is 5.61. The number of anilines is 2. The van der Waals surface area contributed by atoms with Crippen molar-refractivity contribution in [3.05, 3.63) is 6.20 Å². The summed E-state index contributed by atoms with van der Waals surface area (Å²) in [5.41, 5.74) is 0. The average molecular weight is 291 g/mol. The normalized spacial score (nSPS) is 26.0. The standard InChI is InChI=1S/C15H25N5O/c1-2-12-6-3-4-8-20(12)14-11-17-19-15(18-14)16-10-13-7-5-9-21-13/h11-13H,2-10H2,1H3,(H,16,18,19). The molecule has 0 spiro atoms. The molecule has 2 unspecified atom stereocenters.